The highest BCUT2D eigenvalue weighted by Gasteiger charge is 2.09. The van der Waals surface area contributed by atoms with Gasteiger partial charge >= 0.3 is 0 Å². The highest BCUT2D eigenvalue weighted by molar-refractivity contribution is 5.64. The number of benzene rings is 2. The molecule has 150 valence electrons. The molecule has 1 unspecified atom stereocenters. The minimum Gasteiger partial charge on any atom is -0.465 e. The molecule has 0 aromatic heterocycles. The summed E-state index contributed by atoms with van der Waals surface area (Å²) in [4.78, 5) is 0. The normalized spacial score (nSPS) is 11.8. The molecule has 0 fully saturated rings. The molecule has 0 amide bonds. The van der Waals surface area contributed by atoms with Gasteiger partial charge in [0.25, 0.3) is 0 Å². The van der Waals surface area contributed by atoms with Crippen molar-refractivity contribution in [2.75, 3.05) is 7.11 Å². The summed E-state index contributed by atoms with van der Waals surface area (Å²) in [6.07, 6.45) is 11.2. The molecule has 2 aromatic carbocycles. The van der Waals surface area contributed by atoms with Gasteiger partial charge in [-0.1, -0.05) is 76.1 Å². The van der Waals surface area contributed by atoms with E-state index in [1.165, 1.54) is 44.9 Å². The summed E-state index contributed by atoms with van der Waals surface area (Å²) in [7, 11) is 1.71. The molecule has 0 N–H and O–H groups in total. The summed E-state index contributed by atoms with van der Waals surface area (Å²) in [5.74, 6) is 0.823. The fraction of sp³-hybridized carbons (Fsp3) is 0.480. The second-order valence-corrected chi connectivity index (χ2v) is 7.26. The van der Waals surface area contributed by atoms with E-state index in [1.807, 2.05) is 48.5 Å². The van der Waals surface area contributed by atoms with Crippen LogP contribution < -0.4 is 4.74 Å². The van der Waals surface area contributed by atoms with Crippen LogP contribution in [0.3, 0.4) is 0 Å². The van der Waals surface area contributed by atoms with Crippen molar-refractivity contribution in [2.45, 2.75) is 71.0 Å². The van der Waals surface area contributed by atoms with Gasteiger partial charge in [0.15, 0.2) is 6.29 Å². The van der Waals surface area contributed by atoms with Crippen LogP contribution in [0, 0.1) is 11.3 Å². The molecule has 0 heterocycles. The van der Waals surface area contributed by atoms with Crippen molar-refractivity contribution < 1.29 is 9.47 Å². The lowest BCUT2D eigenvalue weighted by Gasteiger charge is -2.17. The van der Waals surface area contributed by atoms with Crippen molar-refractivity contribution in [3.05, 3.63) is 54.1 Å². The second-order valence-electron chi connectivity index (χ2n) is 7.26. The molecule has 0 spiro atoms. The number of unbranched alkanes of at least 4 members (excludes halogenated alkanes) is 7. The third kappa shape index (κ3) is 7.74. The standard InChI is InChI=1S/C25H33NO2/c1-3-4-5-6-7-8-9-10-11-25(27-2)28-24-18-16-23(17-19-24)22-14-12-21(20-26)13-15-22/h12-19,25H,3-11H2,1-2H3. The average molecular weight is 380 g/mol. The Morgan fingerprint density at radius 2 is 1.32 bits per heavy atom. The Labute approximate surface area is 170 Å². The number of nitriles is 1. The van der Waals surface area contributed by atoms with Gasteiger partial charge in [-0.2, -0.15) is 5.26 Å². The van der Waals surface area contributed by atoms with E-state index >= 15 is 0 Å². The molecule has 28 heavy (non-hydrogen) atoms. The van der Waals surface area contributed by atoms with E-state index < -0.39 is 0 Å². The molecular formula is C25H33NO2. The van der Waals surface area contributed by atoms with Crippen LogP contribution in [-0.2, 0) is 4.74 Å². The lowest BCUT2D eigenvalue weighted by atomic mass is 10.0. The molecular weight excluding hydrogens is 346 g/mol. The molecule has 0 saturated carbocycles. The first kappa shape index (κ1) is 22.0. The van der Waals surface area contributed by atoms with E-state index in [0.29, 0.717) is 5.56 Å². The quantitative estimate of drug-likeness (QED) is 0.275. The van der Waals surface area contributed by atoms with E-state index in [-0.39, 0.29) is 6.29 Å². The molecule has 3 nitrogen and oxygen atoms in total. The zero-order valence-electron chi connectivity index (χ0n) is 17.3. The minimum absolute atomic E-state index is 0.194. The minimum atomic E-state index is -0.194. The van der Waals surface area contributed by atoms with Crippen molar-refractivity contribution in [1.29, 1.82) is 5.26 Å². The Morgan fingerprint density at radius 1 is 0.786 bits per heavy atom. The van der Waals surface area contributed by atoms with E-state index in [2.05, 4.69) is 13.0 Å². The summed E-state index contributed by atoms with van der Waals surface area (Å²) in [5.41, 5.74) is 2.87. The zero-order chi connectivity index (χ0) is 20.0. The topological polar surface area (TPSA) is 42.2 Å². The maximum Gasteiger partial charge on any atom is 0.199 e. The molecule has 0 bridgehead atoms. The third-order valence-corrected chi connectivity index (χ3v) is 5.03. The van der Waals surface area contributed by atoms with Gasteiger partial charge < -0.3 is 9.47 Å². The molecule has 0 aliphatic carbocycles. The van der Waals surface area contributed by atoms with Crippen LogP contribution in [0.2, 0.25) is 0 Å². The average Bonchev–Trinajstić information content (AvgIpc) is 2.75. The summed E-state index contributed by atoms with van der Waals surface area (Å²) in [6, 6.07) is 17.8. The van der Waals surface area contributed by atoms with Crippen molar-refractivity contribution in [2.24, 2.45) is 0 Å². The lowest BCUT2D eigenvalue weighted by Crippen LogP contribution is -2.18. The van der Waals surface area contributed by atoms with Crippen LogP contribution in [0.4, 0.5) is 0 Å². The van der Waals surface area contributed by atoms with Gasteiger partial charge in [-0.05, 0) is 41.8 Å². The maximum atomic E-state index is 8.90. The van der Waals surface area contributed by atoms with Gasteiger partial charge in [0, 0.05) is 13.5 Å². The van der Waals surface area contributed by atoms with E-state index in [9.17, 15) is 0 Å². The molecule has 2 aromatic rings. The number of rotatable bonds is 13. The third-order valence-electron chi connectivity index (χ3n) is 5.03. The molecule has 0 radical (unpaired) electrons. The monoisotopic (exact) mass is 379 g/mol. The van der Waals surface area contributed by atoms with Crippen molar-refractivity contribution >= 4 is 0 Å². The van der Waals surface area contributed by atoms with Crippen LogP contribution in [0.15, 0.2) is 48.5 Å². The van der Waals surface area contributed by atoms with Crippen molar-refractivity contribution in [1.82, 2.24) is 0 Å². The predicted octanol–water partition coefficient (Wildman–Crippen LogP) is 7.11. The SMILES string of the molecule is CCCCCCCCCCC(OC)Oc1ccc(-c2ccc(C#N)cc2)cc1. The number of methoxy groups -OCH3 is 1. The number of hydrogen-bond donors (Lipinski definition) is 0. The number of hydrogen-bond acceptors (Lipinski definition) is 3. The molecule has 2 rings (SSSR count). The van der Waals surface area contributed by atoms with Gasteiger partial charge in [-0.15, -0.1) is 0 Å². The molecule has 0 saturated heterocycles. The Balaban J connectivity index is 1.74. The van der Waals surface area contributed by atoms with Crippen molar-refractivity contribution in [3.63, 3.8) is 0 Å². The van der Waals surface area contributed by atoms with Crippen LogP contribution in [0.5, 0.6) is 5.75 Å². The Morgan fingerprint density at radius 3 is 1.86 bits per heavy atom. The first-order chi connectivity index (χ1) is 13.8. The van der Waals surface area contributed by atoms with E-state index in [4.69, 9.17) is 14.7 Å². The Hall–Kier alpha value is -2.31. The molecule has 0 aliphatic heterocycles. The first-order valence-corrected chi connectivity index (χ1v) is 10.6. The summed E-state index contributed by atoms with van der Waals surface area (Å²) in [6.45, 7) is 2.26. The predicted molar refractivity (Wildman–Crippen MR) is 115 cm³/mol. The van der Waals surface area contributed by atoms with Gasteiger partial charge in [-0.3, -0.25) is 0 Å². The van der Waals surface area contributed by atoms with Gasteiger partial charge in [0.05, 0.1) is 11.6 Å². The number of ether oxygens (including phenoxy) is 2. The second kappa shape index (κ2) is 13.0. The summed E-state index contributed by atoms with van der Waals surface area (Å²) >= 11 is 0. The molecule has 1 atom stereocenters. The van der Waals surface area contributed by atoms with E-state index in [0.717, 1.165) is 29.7 Å². The Kier molecular flexibility index (Phi) is 10.2. The van der Waals surface area contributed by atoms with Crippen LogP contribution in [-0.4, -0.2) is 13.4 Å². The highest BCUT2D eigenvalue weighted by Crippen LogP contribution is 2.24. The van der Waals surface area contributed by atoms with Crippen molar-refractivity contribution in [3.8, 4) is 22.9 Å². The lowest BCUT2D eigenvalue weighted by molar-refractivity contribution is -0.0594. The van der Waals surface area contributed by atoms with Gasteiger partial charge in [0.2, 0.25) is 0 Å². The fourth-order valence-electron chi connectivity index (χ4n) is 3.28. The number of nitrogens with zero attached hydrogens (tertiary/aromatic N) is 1. The van der Waals surface area contributed by atoms with Gasteiger partial charge in [-0.25, -0.2) is 0 Å². The first-order valence-electron chi connectivity index (χ1n) is 10.6. The summed E-state index contributed by atoms with van der Waals surface area (Å²) < 4.78 is 11.5. The smallest absolute Gasteiger partial charge is 0.199 e. The molecule has 3 heteroatoms. The van der Waals surface area contributed by atoms with Crippen LogP contribution in [0.25, 0.3) is 11.1 Å². The highest BCUT2D eigenvalue weighted by atomic mass is 16.7. The Bertz CT molecular complexity index is 701. The largest absolute Gasteiger partial charge is 0.465 e. The zero-order valence-corrected chi connectivity index (χ0v) is 17.3. The van der Waals surface area contributed by atoms with E-state index in [1.54, 1.807) is 7.11 Å². The van der Waals surface area contributed by atoms with Crippen LogP contribution in [0.1, 0.15) is 70.3 Å². The fourth-order valence-corrected chi connectivity index (χ4v) is 3.28. The molecule has 0 aliphatic rings. The van der Waals surface area contributed by atoms with Gasteiger partial charge in [0.1, 0.15) is 5.75 Å². The van der Waals surface area contributed by atoms with Crippen LogP contribution >= 0.6 is 0 Å². The summed E-state index contributed by atoms with van der Waals surface area (Å²) in [5, 5.41) is 8.90. The maximum absolute atomic E-state index is 8.90.